The van der Waals surface area contributed by atoms with E-state index in [2.05, 4.69) is 20.8 Å². The Morgan fingerprint density at radius 2 is 1.38 bits per heavy atom. The van der Waals surface area contributed by atoms with Crippen LogP contribution in [0.15, 0.2) is 0 Å². The van der Waals surface area contributed by atoms with Gasteiger partial charge >= 0.3 is 0 Å². The Labute approximate surface area is 83.5 Å². The lowest BCUT2D eigenvalue weighted by Gasteiger charge is -2.00. The van der Waals surface area contributed by atoms with E-state index in [-0.39, 0.29) is 6.17 Å². The highest BCUT2D eigenvalue weighted by Gasteiger charge is 2.01. The van der Waals surface area contributed by atoms with E-state index in [0.29, 0.717) is 13.0 Å². The van der Waals surface area contributed by atoms with Gasteiger partial charge in [0, 0.05) is 0 Å². The normalized spacial score (nSPS) is 9.46. The molecule has 6 N–H and O–H groups in total. The van der Waals surface area contributed by atoms with Gasteiger partial charge in [-0.25, -0.2) is 0 Å². The molecule has 0 heterocycles. The van der Waals surface area contributed by atoms with Crippen molar-refractivity contribution in [2.45, 2.75) is 52.3 Å². The van der Waals surface area contributed by atoms with Crippen LogP contribution < -0.4 is 17.2 Å². The molecule has 80 valence electrons. The predicted molar refractivity (Wildman–Crippen MR) is 63.0 cm³/mol. The lowest BCUT2D eigenvalue weighted by molar-refractivity contribution is 0.648. The van der Waals surface area contributed by atoms with Crippen molar-refractivity contribution in [2.75, 3.05) is 6.54 Å². The van der Waals surface area contributed by atoms with Gasteiger partial charge in [-0.1, -0.05) is 39.7 Å². The number of nitrogens with two attached hydrogens (primary N) is 3. The van der Waals surface area contributed by atoms with Crippen LogP contribution in [0.1, 0.15) is 27.2 Å². The highest BCUT2D eigenvalue weighted by atomic mass is 14.8. The summed E-state index contributed by atoms with van der Waals surface area (Å²) in [6, 6.07) is 0. The minimum atomic E-state index is -0.227. The van der Waals surface area contributed by atoms with Gasteiger partial charge in [0.25, 0.3) is 0 Å². The van der Waals surface area contributed by atoms with Crippen LogP contribution in [0.3, 0.4) is 0 Å². The van der Waals surface area contributed by atoms with Gasteiger partial charge in [0.1, 0.15) is 6.71 Å². The first-order valence-electron chi connectivity index (χ1n) is 5.33. The molecule has 0 aliphatic carbocycles. The Bertz CT molecular complexity index is 79.4. The first kappa shape index (κ1) is 15.4. The molecule has 0 atom stereocenters. The maximum absolute atomic E-state index is 5.10. The molecule has 0 spiro atoms. The van der Waals surface area contributed by atoms with Crippen molar-refractivity contribution >= 4 is 6.71 Å². The van der Waals surface area contributed by atoms with Crippen LogP contribution in [0.25, 0.3) is 0 Å². The van der Waals surface area contributed by atoms with Crippen molar-refractivity contribution in [3.8, 4) is 0 Å². The Kier molecular flexibility index (Phi) is 14.2. The lowest BCUT2D eigenvalue weighted by atomic mass is 9.44. The average molecular weight is 187 g/mol. The fourth-order valence-electron chi connectivity index (χ4n) is 1.06. The summed E-state index contributed by atoms with van der Waals surface area (Å²) < 4.78 is 0. The quantitative estimate of drug-likeness (QED) is 0.445. The third-order valence-electron chi connectivity index (χ3n) is 2.23. The van der Waals surface area contributed by atoms with Crippen LogP contribution in [-0.4, -0.2) is 19.4 Å². The molecule has 0 aromatic rings. The molecule has 0 fully saturated rings. The van der Waals surface area contributed by atoms with Crippen LogP contribution in [-0.2, 0) is 0 Å². The second kappa shape index (κ2) is 11.9. The zero-order valence-electron chi connectivity index (χ0n) is 9.42. The maximum Gasteiger partial charge on any atom is 0.139 e. The first-order valence-corrected chi connectivity index (χ1v) is 5.33. The molecule has 0 aromatic heterocycles. The van der Waals surface area contributed by atoms with Crippen molar-refractivity contribution in [1.29, 1.82) is 0 Å². The van der Waals surface area contributed by atoms with Crippen molar-refractivity contribution in [3.05, 3.63) is 0 Å². The van der Waals surface area contributed by atoms with Crippen LogP contribution in [0, 0.1) is 0 Å². The Morgan fingerprint density at radius 1 is 1.00 bits per heavy atom. The molecule has 4 heteroatoms. The van der Waals surface area contributed by atoms with E-state index in [9.17, 15) is 0 Å². The summed E-state index contributed by atoms with van der Waals surface area (Å²) in [5, 5.41) is 0. The maximum atomic E-state index is 5.10. The van der Waals surface area contributed by atoms with Gasteiger partial charge in [-0.2, -0.15) is 0 Å². The van der Waals surface area contributed by atoms with Crippen molar-refractivity contribution in [1.82, 2.24) is 0 Å². The molecule has 0 aliphatic rings. The minimum absolute atomic E-state index is 0.227. The smallest absolute Gasteiger partial charge is 0.139 e. The average Bonchev–Trinajstić information content (AvgIpc) is 2.08. The third kappa shape index (κ3) is 14.8. The standard InChI is InChI=1S/C6H15B.C3H11N3/c1-4-7(5-2)6-3;4-2-1-3(5)6/h4-6H2,1-3H3;3H,1-2,4-6H2. The molecule has 0 radical (unpaired) electrons. The zero-order valence-corrected chi connectivity index (χ0v) is 9.42. The Morgan fingerprint density at radius 3 is 1.38 bits per heavy atom. The summed E-state index contributed by atoms with van der Waals surface area (Å²) in [6.07, 6.45) is 4.54. The molecule has 3 nitrogen and oxygen atoms in total. The van der Waals surface area contributed by atoms with Crippen LogP contribution in [0.4, 0.5) is 0 Å². The van der Waals surface area contributed by atoms with Gasteiger partial charge in [0.2, 0.25) is 0 Å². The number of hydrogen-bond donors (Lipinski definition) is 3. The summed E-state index contributed by atoms with van der Waals surface area (Å²) >= 11 is 0. The molecule has 0 aromatic carbocycles. The van der Waals surface area contributed by atoms with Gasteiger partial charge in [0.05, 0.1) is 6.17 Å². The van der Waals surface area contributed by atoms with Gasteiger partial charge in [-0.05, 0) is 13.0 Å². The molecule has 0 saturated carbocycles. The molecular weight excluding hydrogens is 161 g/mol. The van der Waals surface area contributed by atoms with Gasteiger partial charge in [-0.3, -0.25) is 0 Å². The molecular formula is C9H26BN3. The van der Waals surface area contributed by atoms with Crippen molar-refractivity contribution in [2.24, 2.45) is 17.2 Å². The number of rotatable bonds is 5. The third-order valence-corrected chi connectivity index (χ3v) is 2.23. The number of hydrogen-bond acceptors (Lipinski definition) is 3. The van der Waals surface area contributed by atoms with Crippen LogP contribution in [0.5, 0.6) is 0 Å². The monoisotopic (exact) mass is 187 g/mol. The molecule has 0 bridgehead atoms. The van der Waals surface area contributed by atoms with E-state index in [1.54, 1.807) is 0 Å². The molecule has 0 rings (SSSR count). The zero-order chi connectivity index (χ0) is 10.7. The SMILES string of the molecule is CCB(CC)CC.NCCC(N)N. The topological polar surface area (TPSA) is 78.1 Å². The molecule has 0 amide bonds. The summed E-state index contributed by atoms with van der Waals surface area (Å²) in [4.78, 5) is 0. The molecule has 13 heavy (non-hydrogen) atoms. The summed E-state index contributed by atoms with van der Waals surface area (Å²) in [7, 11) is 0. The summed E-state index contributed by atoms with van der Waals surface area (Å²) in [6.45, 7) is 8.35. The highest BCUT2D eigenvalue weighted by Crippen LogP contribution is 2.01. The fourth-order valence-corrected chi connectivity index (χ4v) is 1.06. The van der Waals surface area contributed by atoms with E-state index in [0.717, 1.165) is 6.71 Å². The van der Waals surface area contributed by atoms with Crippen molar-refractivity contribution < 1.29 is 0 Å². The second-order valence-electron chi connectivity index (χ2n) is 3.33. The van der Waals surface area contributed by atoms with Gasteiger partial charge in [-0.15, -0.1) is 0 Å². The van der Waals surface area contributed by atoms with Crippen molar-refractivity contribution in [3.63, 3.8) is 0 Å². The van der Waals surface area contributed by atoms with E-state index < -0.39 is 0 Å². The highest BCUT2D eigenvalue weighted by molar-refractivity contribution is 6.58. The molecule has 0 unspecified atom stereocenters. The Hall–Kier alpha value is -0.0551. The molecule has 0 aliphatic heterocycles. The van der Waals surface area contributed by atoms with Crippen LogP contribution >= 0.6 is 0 Å². The van der Waals surface area contributed by atoms with Crippen LogP contribution in [0.2, 0.25) is 19.0 Å². The summed E-state index contributed by atoms with van der Waals surface area (Å²) in [5.41, 5.74) is 15.3. The van der Waals surface area contributed by atoms with Gasteiger partial charge < -0.3 is 17.2 Å². The summed E-state index contributed by atoms with van der Waals surface area (Å²) in [5.74, 6) is 0. The van der Waals surface area contributed by atoms with E-state index in [1.165, 1.54) is 19.0 Å². The van der Waals surface area contributed by atoms with E-state index in [1.807, 2.05) is 0 Å². The fraction of sp³-hybridized carbons (Fsp3) is 1.00. The lowest BCUT2D eigenvalue weighted by Crippen LogP contribution is -2.32. The van der Waals surface area contributed by atoms with Gasteiger partial charge in [0.15, 0.2) is 0 Å². The van der Waals surface area contributed by atoms with E-state index in [4.69, 9.17) is 17.2 Å². The minimum Gasteiger partial charge on any atom is -0.330 e. The molecule has 0 saturated heterocycles. The first-order chi connectivity index (χ1) is 6.12. The second-order valence-corrected chi connectivity index (χ2v) is 3.33. The largest absolute Gasteiger partial charge is 0.330 e. The Balaban J connectivity index is 0. The predicted octanol–water partition coefficient (Wildman–Crippen LogP) is 1.12. The van der Waals surface area contributed by atoms with E-state index >= 15 is 0 Å².